The molecular formula is C10H17N5O. The lowest BCUT2D eigenvalue weighted by atomic mass is 10.2. The van der Waals surface area contributed by atoms with Gasteiger partial charge in [0.05, 0.1) is 6.10 Å². The molecule has 16 heavy (non-hydrogen) atoms. The predicted octanol–water partition coefficient (Wildman–Crippen LogP) is 0.283. The lowest BCUT2D eigenvalue weighted by Crippen LogP contribution is -2.22. The molecule has 6 nitrogen and oxygen atoms in total. The van der Waals surface area contributed by atoms with E-state index in [9.17, 15) is 5.11 Å². The highest BCUT2D eigenvalue weighted by molar-refractivity contribution is 5.50. The Balaban J connectivity index is 1.94. The Morgan fingerprint density at radius 2 is 2.19 bits per heavy atom. The van der Waals surface area contributed by atoms with E-state index in [0.717, 1.165) is 12.8 Å². The van der Waals surface area contributed by atoms with Gasteiger partial charge in [-0.25, -0.2) is 0 Å². The molecule has 0 aliphatic heterocycles. The van der Waals surface area contributed by atoms with Crippen LogP contribution in [-0.4, -0.2) is 34.8 Å². The predicted molar refractivity (Wildman–Crippen MR) is 63.2 cm³/mol. The Hall–Kier alpha value is -1.56. The summed E-state index contributed by atoms with van der Waals surface area (Å²) in [6.45, 7) is 0.504. The molecule has 1 aliphatic rings. The zero-order valence-electron chi connectivity index (χ0n) is 9.27. The zero-order valence-corrected chi connectivity index (χ0v) is 9.27. The van der Waals surface area contributed by atoms with Crippen molar-refractivity contribution in [3.63, 3.8) is 0 Å². The van der Waals surface area contributed by atoms with Crippen LogP contribution in [0, 0.1) is 5.92 Å². The van der Waals surface area contributed by atoms with E-state index in [2.05, 4.69) is 20.6 Å². The van der Waals surface area contributed by atoms with Gasteiger partial charge in [-0.3, -0.25) is 0 Å². The largest absolute Gasteiger partial charge is 0.391 e. The first-order chi connectivity index (χ1) is 7.69. The summed E-state index contributed by atoms with van der Waals surface area (Å²) in [5, 5.41) is 15.7. The summed E-state index contributed by atoms with van der Waals surface area (Å²) in [6, 6.07) is 1.76. The van der Waals surface area contributed by atoms with Crippen molar-refractivity contribution in [1.29, 1.82) is 0 Å². The van der Waals surface area contributed by atoms with Crippen LogP contribution in [0.1, 0.15) is 12.8 Å². The number of nitrogen functional groups attached to an aromatic ring is 1. The van der Waals surface area contributed by atoms with E-state index in [4.69, 9.17) is 5.73 Å². The molecule has 0 saturated heterocycles. The number of aromatic nitrogens is 2. The van der Waals surface area contributed by atoms with E-state index in [1.54, 1.807) is 13.1 Å². The second kappa shape index (κ2) is 4.52. The average Bonchev–Trinajstić information content (AvgIpc) is 3.08. The molecule has 1 heterocycles. The van der Waals surface area contributed by atoms with Gasteiger partial charge in [0, 0.05) is 19.7 Å². The van der Waals surface area contributed by atoms with E-state index in [0.29, 0.717) is 24.1 Å². The number of anilines is 3. The summed E-state index contributed by atoms with van der Waals surface area (Å²) in [6.07, 6.45) is 1.95. The topological polar surface area (TPSA) is 96.1 Å². The molecule has 0 spiro atoms. The molecule has 1 fully saturated rings. The highest BCUT2D eigenvalue weighted by Gasteiger charge is 2.29. The van der Waals surface area contributed by atoms with Gasteiger partial charge in [-0.2, -0.15) is 9.97 Å². The van der Waals surface area contributed by atoms with Crippen molar-refractivity contribution < 1.29 is 5.11 Å². The van der Waals surface area contributed by atoms with Gasteiger partial charge in [0.15, 0.2) is 0 Å². The van der Waals surface area contributed by atoms with Crippen LogP contribution in [0.5, 0.6) is 0 Å². The van der Waals surface area contributed by atoms with Gasteiger partial charge < -0.3 is 21.5 Å². The standard InChI is InChI=1S/C10H17N5O/c1-12-8-4-9(15-10(11)14-8)13-5-7(16)6-2-3-6/h4,6-7,16H,2-3,5H2,1H3,(H4,11,12,13,14,15). The van der Waals surface area contributed by atoms with Crippen molar-refractivity contribution >= 4 is 17.6 Å². The summed E-state index contributed by atoms with van der Waals surface area (Å²) in [4.78, 5) is 8.02. The minimum atomic E-state index is -0.297. The number of aliphatic hydroxyl groups excluding tert-OH is 1. The van der Waals surface area contributed by atoms with Gasteiger partial charge in [-0.05, 0) is 18.8 Å². The van der Waals surface area contributed by atoms with Gasteiger partial charge >= 0.3 is 0 Å². The number of hydrogen-bond acceptors (Lipinski definition) is 6. The van der Waals surface area contributed by atoms with Gasteiger partial charge in [0.25, 0.3) is 0 Å². The van der Waals surface area contributed by atoms with Crippen LogP contribution in [-0.2, 0) is 0 Å². The minimum Gasteiger partial charge on any atom is -0.391 e. The third-order valence-corrected chi connectivity index (χ3v) is 2.66. The molecule has 1 atom stereocenters. The zero-order chi connectivity index (χ0) is 11.5. The van der Waals surface area contributed by atoms with Gasteiger partial charge in [-0.15, -0.1) is 0 Å². The van der Waals surface area contributed by atoms with Crippen molar-refractivity contribution in [2.75, 3.05) is 30.0 Å². The molecule has 0 aromatic carbocycles. The third kappa shape index (κ3) is 2.73. The van der Waals surface area contributed by atoms with Gasteiger partial charge in [-0.1, -0.05) is 0 Å². The molecule has 0 bridgehead atoms. The molecule has 1 saturated carbocycles. The molecule has 1 aromatic heterocycles. The van der Waals surface area contributed by atoms with Crippen LogP contribution >= 0.6 is 0 Å². The fraction of sp³-hybridized carbons (Fsp3) is 0.600. The molecule has 1 aliphatic carbocycles. The fourth-order valence-corrected chi connectivity index (χ4v) is 1.54. The summed E-state index contributed by atoms with van der Waals surface area (Å²) < 4.78 is 0. The lowest BCUT2D eigenvalue weighted by Gasteiger charge is -2.12. The van der Waals surface area contributed by atoms with E-state index in [-0.39, 0.29) is 12.1 Å². The van der Waals surface area contributed by atoms with E-state index >= 15 is 0 Å². The van der Waals surface area contributed by atoms with Crippen molar-refractivity contribution in [3.8, 4) is 0 Å². The Bertz CT molecular complexity index is 366. The maximum atomic E-state index is 9.69. The first kappa shape index (κ1) is 10.9. The Morgan fingerprint density at radius 3 is 2.81 bits per heavy atom. The maximum absolute atomic E-state index is 9.69. The maximum Gasteiger partial charge on any atom is 0.223 e. The Labute approximate surface area is 94.3 Å². The summed E-state index contributed by atoms with van der Waals surface area (Å²) >= 11 is 0. The van der Waals surface area contributed by atoms with Crippen LogP contribution in [0.4, 0.5) is 17.6 Å². The van der Waals surface area contributed by atoms with Gasteiger partial charge in [0.2, 0.25) is 5.95 Å². The van der Waals surface area contributed by atoms with Crippen molar-refractivity contribution in [3.05, 3.63) is 6.07 Å². The number of nitrogens with zero attached hydrogens (tertiary/aromatic N) is 2. The number of nitrogens with one attached hydrogen (secondary N) is 2. The Kier molecular flexibility index (Phi) is 3.09. The number of nitrogens with two attached hydrogens (primary N) is 1. The van der Waals surface area contributed by atoms with Crippen LogP contribution in [0.15, 0.2) is 6.07 Å². The van der Waals surface area contributed by atoms with E-state index in [1.807, 2.05) is 0 Å². The van der Waals surface area contributed by atoms with Crippen molar-refractivity contribution in [1.82, 2.24) is 9.97 Å². The van der Waals surface area contributed by atoms with Crippen LogP contribution in [0.3, 0.4) is 0 Å². The smallest absolute Gasteiger partial charge is 0.223 e. The second-order valence-corrected chi connectivity index (χ2v) is 4.03. The highest BCUT2D eigenvalue weighted by atomic mass is 16.3. The van der Waals surface area contributed by atoms with Crippen molar-refractivity contribution in [2.45, 2.75) is 18.9 Å². The highest BCUT2D eigenvalue weighted by Crippen LogP contribution is 2.32. The summed E-state index contributed by atoms with van der Waals surface area (Å²) in [5.41, 5.74) is 5.55. The SMILES string of the molecule is CNc1cc(NCC(O)C2CC2)nc(N)n1. The quantitative estimate of drug-likeness (QED) is 0.572. The number of rotatable bonds is 5. The van der Waals surface area contributed by atoms with Crippen LogP contribution < -0.4 is 16.4 Å². The number of aliphatic hydroxyl groups is 1. The monoisotopic (exact) mass is 223 g/mol. The molecule has 0 radical (unpaired) electrons. The first-order valence-electron chi connectivity index (χ1n) is 5.43. The second-order valence-electron chi connectivity index (χ2n) is 4.03. The van der Waals surface area contributed by atoms with Gasteiger partial charge in [0.1, 0.15) is 11.6 Å². The molecule has 1 unspecified atom stereocenters. The van der Waals surface area contributed by atoms with Crippen molar-refractivity contribution in [2.24, 2.45) is 5.92 Å². The van der Waals surface area contributed by atoms with E-state index in [1.165, 1.54) is 0 Å². The lowest BCUT2D eigenvalue weighted by molar-refractivity contribution is 0.164. The summed E-state index contributed by atoms with van der Waals surface area (Å²) in [7, 11) is 1.77. The Morgan fingerprint density at radius 1 is 1.50 bits per heavy atom. The van der Waals surface area contributed by atoms with Crippen LogP contribution in [0.25, 0.3) is 0 Å². The third-order valence-electron chi connectivity index (χ3n) is 2.66. The summed E-state index contributed by atoms with van der Waals surface area (Å²) in [5.74, 6) is 1.97. The molecule has 88 valence electrons. The fourth-order valence-electron chi connectivity index (χ4n) is 1.54. The molecule has 6 heteroatoms. The number of hydrogen-bond donors (Lipinski definition) is 4. The normalized spacial score (nSPS) is 16.9. The average molecular weight is 223 g/mol. The first-order valence-corrected chi connectivity index (χ1v) is 5.43. The molecular weight excluding hydrogens is 206 g/mol. The molecule has 2 rings (SSSR count). The van der Waals surface area contributed by atoms with E-state index < -0.39 is 0 Å². The minimum absolute atomic E-state index is 0.218. The molecule has 0 amide bonds. The molecule has 1 aromatic rings. The van der Waals surface area contributed by atoms with Crippen LogP contribution in [0.2, 0.25) is 0 Å². The molecule has 5 N–H and O–H groups in total.